The van der Waals surface area contributed by atoms with Crippen LogP contribution in [0, 0.1) is 6.92 Å². The van der Waals surface area contributed by atoms with Gasteiger partial charge in [-0.1, -0.05) is 0 Å². The smallest absolute Gasteiger partial charge is 0.229 e. The lowest BCUT2D eigenvalue weighted by Crippen LogP contribution is -1.96. The molecule has 96 valence electrons. The molecule has 4 rings (SSSR count). The Labute approximate surface area is 109 Å². The number of aromatic nitrogens is 5. The quantitative estimate of drug-likeness (QED) is 0.753. The highest BCUT2D eigenvalue weighted by molar-refractivity contribution is 5.79. The summed E-state index contributed by atoms with van der Waals surface area (Å²) in [6, 6.07) is 0.588. The fourth-order valence-corrected chi connectivity index (χ4v) is 2.17. The van der Waals surface area contributed by atoms with Crippen LogP contribution in [0.5, 0.6) is 0 Å². The number of nitrogens with zero attached hydrogens (tertiary/aromatic N) is 4. The predicted molar refractivity (Wildman–Crippen MR) is 72.4 cm³/mol. The van der Waals surface area contributed by atoms with Crippen LogP contribution in [0.4, 0.5) is 11.6 Å². The van der Waals surface area contributed by atoms with E-state index in [1.807, 2.05) is 36.4 Å². The molecule has 3 aromatic rings. The van der Waals surface area contributed by atoms with E-state index in [9.17, 15) is 0 Å². The minimum Gasteiger partial charge on any atom is -0.346 e. The maximum atomic E-state index is 4.45. The van der Waals surface area contributed by atoms with Gasteiger partial charge in [0, 0.05) is 24.0 Å². The van der Waals surface area contributed by atoms with Crippen LogP contribution in [-0.4, -0.2) is 24.7 Å². The average Bonchev–Trinajstić information content (AvgIpc) is 3.07. The van der Waals surface area contributed by atoms with Crippen LogP contribution >= 0.6 is 0 Å². The lowest BCUT2D eigenvalue weighted by atomic mass is 10.3. The molecule has 1 saturated carbocycles. The maximum Gasteiger partial charge on any atom is 0.229 e. The molecule has 1 fully saturated rings. The van der Waals surface area contributed by atoms with E-state index in [0.29, 0.717) is 12.0 Å². The van der Waals surface area contributed by atoms with Crippen molar-refractivity contribution in [1.82, 2.24) is 24.7 Å². The first-order valence-electron chi connectivity index (χ1n) is 6.41. The number of aryl methyl sites for hydroxylation is 1. The SMILES string of the molecule is Cc1c[nH]c2nc(Nc3cnn(C4CC4)c3)ncc12. The number of anilines is 2. The van der Waals surface area contributed by atoms with E-state index in [4.69, 9.17) is 0 Å². The van der Waals surface area contributed by atoms with Gasteiger partial charge in [0.15, 0.2) is 0 Å². The second kappa shape index (κ2) is 3.81. The molecular formula is C13H14N6. The molecule has 3 heterocycles. The van der Waals surface area contributed by atoms with Gasteiger partial charge in [0.2, 0.25) is 5.95 Å². The van der Waals surface area contributed by atoms with E-state index in [2.05, 4.69) is 25.4 Å². The fourth-order valence-electron chi connectivity index (χ4n) is 2.17. The highest BCUT2D eigenvalue weighted by atomic mass is 15.3. The molecule has 0 aliphatic heterocycles. The summed E-state index contributed by atoms with van der Waals surface area (Å²) in [7, 11) is 0. The summed E-state index contributed by atoms with van der Waals surface area (Å²) in [5.74, 6) is 0.588. The van der Waals surface area contributed by atoms with Crippen LogP contribution < -0.4 is 5.32 Å². The third kappa shape index (κ3) is 1.85. The molecule has 0 radical (unpaired) electrons. The zero-order valence-electron chi connectivity index (χ0n) is 10.6. The lowest BCUT2D eigenvalue weighted by molar-refractivity contribution is 0.642. The van der Waals surface area contributed by atoms with Crippen LogP contribution in [0.1, 0.15) is 24.4 Å². The van der Waals surface area contributed by atoms with Gasteiger partial charge >= 0.3 is 0 Å². The molecule has 1 aliphatic carbocycles. The number of aromatic amines is 1. The van der Waals surface area contributed by atoms with Crippen molar-refractivity contribution in [3.63, 3.8) is 0 Å². The van der Waals surface area contributed by atoms with Gasteiger partial charge in [0.25, 0.3) is 0 Å². The minimum atomic E-state index is 0.588. The third-order valence-corrected chi connectivity index (χ3v) is 3.42. The molecule has 3 aromatic heterocycles. The summed E-state index contributed by atoms with van der Waals surface area (Å²) in [5, 5.41) is 8.57. The largest absolute Gasteiger partial charge is 0.346 e. The lowest BCUT2D eigenvalue weighted by Gasteiger charge is -2.01. The number of rotatable bonds is 3. The highest BCUT2D eigenvalue weighted by Crippen LogP contribution is 2.34. The van der Waals surface area contributed by atoms with Crippen molar-refractivity contribution in [3.05, 3.63) is 30.4 Å². The average molecular weight is 254 g/mol. The van der Waals surface area contributed by atoms with Gasteiger partial charge < -0.3 is 10.3 Å². The Balaban J connectivity index is 1.62. The molecule has 6 nitrogen and oxygen atoms in total. The minimum absolute atomic E-state index is 0.588. The Morgan fingerprint density at radius 1 is 1.37 bits per heavy atom. The Bertz CT molecular complexity index is 737. The number of hydrogen-bond donors (Lipinski definition) is 2. The Morgan fingerprint density at radius 2 is 2.26 bits per heavy atom. The number of nitrogens with one attached hydrogen (secondary N) is 2. The van der Waals surface area contributed by atoms with Gasteiger partial charge in [-0.05, 0) is 25.3 Å². The topological polar surface area (TPSA) is 71.4 Å². The van der Waals surface area contributed by atoms with E-state index in [1.165, 1.54) is 12.8 Å². The molecule has 0 spiro atoms. The Hall–Kier alpha value is -2.37. The van der Waals surface area contributed by atoms with Crippen LogP contribution in [-0.2, 0) is 0 Å². The van der Waals surface area contributed by atoms with Gasteiger partial charge in [-0.25, -0.2) is 4.98 Å². The molecule has 0 aromatic carbocycles. The molecule has 0 unspecified atom stereocenters. The van der Waals surface area contributed by atoms with Gasteiger partial charge in [-0.15, -0.1) is 0 Å². The molecule has 0 amide bonds. The maximum absolute atomic E-state index is 4.45. The molecular weight excluding hydrogens is 240 g/mol. The molecule has 0 bridgehead atoms. The summed E-state index contributed by atoms with van der Waals surface area (Å²) in [6.45, 7) is 2.04. The zero-order chi connectivity index (χ0) is 12.8. The van der Waals surface area contributed by atoms with Crippen LogP contribution in [0.15, 0.2) is 24.8 Å². The Kier molecular flexibility index (Phi) is 2.11. The van der Waals surface area contributed by atoms with Gasteiger partial charge in [0.05, 0.1) is 17.9 Å². The number of fused-ring (bicyclic) bond motifs is 1. The third-order valence-electron chi connectivity index (χ3n) is 3.42. The first kappa shape index (κ1) is 10.5. The van der Waals surface area contributed by atoms with Crippen molar-refractivity contribution in [2.75, 3.05) is 5.32 Å². The highest BCUT2D eigenvalue weighted by Gasteiger charge is 2.24. The zero-order valence-corrected chi connectivity index (χ0v) is 10.6. The van der Waals surface area contributed by atoms with Crippen molar-refractivity contribution in [3.8, 4) is 0 Å². The molecule has 2 N–H and O–H groups in total. The first-order chi connectivity index (χ1) is 9.29. The summed E-state index contributed by atoms with van der Waals surface area (Å²) in [6.07, 6.45) is 10.0. The second-order valence-electron chi connectivity index (χ2n) is 4.99. The molecule has 19 heavy (non-hydrogen) atoms. The van der Waals surface area contributed by atoms with E-state index >= 15 is 0 Å². The number of hydrogen-bond acceptors (Lipinski definition) is 4. The summed E-state index contributed by atoms with van der Waals surface area (Å²) in [4.78, 5) is 11.9. The Morgan fingerprint density at radius 3 is 3.11 bits per heavy atom. The predicted octanol–water partition coefficient (Wildman–Crippen LogP) is 2.54. The first-order valence-corrected chi connectivity index (χ1v) is 6.41. The number of H-pyrrole nitrogens is 1. The fraction of sp³-hybridized carbons (Fsp3) is 0.308. The van der Waals surface area contributed by atoms with Crippen molar-refractivity contribution in [1.29, 1.82) is 0 Å². The second-order valence-corrected chi connectivity index (χ2v) is 4.99. The van der Waals surface area contributed by atoms with Crippen molar-refractivity contribution >= 4 is 22.7 Å². The molecule has 0 atom stereocenters. The summed E-state index contributed by atoms with van der Waals surface area (Å²) >= 11 is 0. The molecule has 6 heteroatoms. The van der Waals surface area contributed by atoms with Crippen LogP contribution in [0.2, 0.25) is 0 Å². The molecule has 1 aliphatic rings. The van der Waals surface area contributed by atoms with Crippen LogP contribution in [0.25, 0.3) is 11.0 Å². The van der Waals surface area contributed by atoms with Gasteiger partial charge in [-0.2, -0.15) is 10.1 Å². The van der Waals surface area contributed by atoms with Crippen LogP contribution in [0.3, 0.4) is 0 Å². The van der Waals surface area contributed by atoms with E-state index in [-0.39, 0.29) is 0 Å². The van der Waals surface area contributed by atoms with Gasteiger partial charge in [-0.3, -0.25) is 4.68 Å². The van der Waals surface area contributed by atoms with Crippen molar-refractivity contribution < 1.29 is 0 Å². The summed E-state index contributed by atoms with van der Waals surface area (Å²) < 4.78 is 2.00. The monoisotopic (exact) mass is 254 g/mol. The summed E-state index contributed by atoms with van der Waals surface area (Å²) in [5.41, 5.74) is 2.93. The van der Waals surface area contributed by atoms with E-state index in [0.717, 1.165) is 22.3 Å². The van der Waals surface area contributed by atoms with Crippen molar-refractivity contribution in [2.24, 2.45) is 0 Å². The normalized spacial score (nSPS) is 15.0. The molecule has 0 saturated heterocycles. The van der Waals surface area contributed by atoms with E-state index < -0.39 is 0 Å². The van der Waals surface area contributed by atoms with Crippen molar-refractivity contribution in [2.45, 2.75) is 25.8 Å². The standard InChI is InChI=1S/C13H14N6/c1-8-4-14-12-11(8)6-15-13(18-12)17-9-5-16-19(7-9)10-2-3-10/h4-7,10H,2-3H2,1H3,(H2,14,15,17,18). The van der Waals surface area contributed by atoms with E-state index in [1.54, 1.807) is 0 Å². The van der Waals surface area contributed by atoms with Gasteiger partial charge in [0.1, 0.15) is 5.65 Å².